The van der Waals surface area contributed by atoms with Crippen LogP contribution in [0.1, 0.15) is 5.56 Å². The summed E-state index contributed by atoms with van der Waals surface area (Å²) in [6.07, 6.45) is 0. The van der Waals surface area contributed by atoms with Gasteiger partial charge in [0.2, 0.25) is 0 Å². The van der Waals surface area contributed by atoms with Crippen LogP contribution in [0.25, 0.3) is 0 Å². The Hall–Kier alpha value is -2.01. The molecule has 0 radical (unpaired) electrons. The molecule has 0 atom stereocenters. The molecule has 0 bridgehead atoms. The normalized spacial score (nSPS) is 10.1. The summed E-state index contributed by atoms with van der Waals surface area (Å²) in [7, 11) is 0. The molecular formula is C14H12F2N2S. The van der Waals surface area contributed by atoms with Gasteiger partial charge in [-0.1, -0.05) is 6.07 Å². The number of anilines is 2. The average molecular weight is 278 g/mol. The molecule has 0 heterocycles. The Kier molecular flexibility index (Phi) is 4.06. The molecule has 0 unspecified atom stereocenters. The number of aryl methyl sites for hydroxylation is 1. The topological polar surface area (TPSA) is 24.1 Å². The van der Waals surface area contributed by atoms with Gasteiger partial charge >= 0.3 is 0 Å². The first-order valence-electron chi connectivity index (χ1n) is 5.64. The molecule has 19 heavy (non-hydrogen) atoms. The van der Waals surface area contributed by atoms with Gasteiger partial charge < -0.3 is 10.6 Å². The van der Waals surface area contributed by atoms with E-state index in [9.17, 15) is 8.78 Å². The number of hydrogen-bond donors (Lipinski definition) is 2. The standard InChI is InChI=1S/C14H12F2N2S/c1-9-7-12(5-6-13(9)16)18-14(19)17-11-4-2-3-10(15)8-11/h2-8H,1H3,(H2,17,18,19). The van der Waals surface area contributed by atoms with Crippen molar-refractivity contribution in [2.24, 2.45) is 0 Å². The van der Waals surface area contributed by atoms with Gasteiger partial charge in [-0.3, -0.25) is 0 Å². The van der Waals surface area contributed by atoms with E-state index >= 15 is 0 Å². The molecular weight excluding hydrogens is 266 g/mol. The van der Waals surface area contributed by atoms with Crippen molar-refractivity contribution in [2.45, 2.75) is 6.92 Å². The molecule has 5 heteroatoms. The van der Waals surface area contributed by atoms with Crippen molar-refractivity contribution in [3.63, 3.8) is 0 Å². The largest absolute Gasteiger partial charge is 0.332 e. The Labute approximate surface area is 115 Å². The van der Waals surface area contributed by atoms with Crippen LogP contribution in [0.4, 0.5) is 20.2 Å². The summed E-state index contributed by atoms with van der Waals surface area (Å²) in [5, 5.41) is 6.08. The van der Waals surface area contributed by atoms with Gasteiger partial charge in [-0.05, 0) is 61.1 Å². The first-order chi connectivity index (χ1) is 9.04. The molecule has 0 aromatic heterocycles. The van der Waals surface area contributed by atoms with Crippen LogP contribution in [0.15, 0.2) is 42.5 Å². The molecule has 0 saturated carbocycles. The molecule has 98 valence electrons. The van der Waals surface area contributed by atoms with Crippen LogP contribution in [0.3, 0.4) is 0 Å². The zero-order valence-electron chi connectivity index (χ0n) is 10.2. The second kappa shape index (κ2) is 5.75. The zero-order valence-corrected chi connectivity index (χ0v) is 11.0. The van der Waals surface area contributed by atoms with E-state index in [1.54, 1.807) is 31.2 Å². The highest BCUT2D eigenvalue weighted by Crippen LogP contribution is 2.15. The lowest BCUT2D eigenvalue weighted by Gasteiger charge is -2.11. The fourth-order valence-electron chi connectivity index (χ4n) is 1.58. The van der Waals surface area contributed by atoms with Crippen molar-refractivity contribution >= 4 is 28.7 Å². The number of rotatable bonds is 2. The van der Waals surface area contributed by atoms with E-state index in [0.29, 0.717) is 22.1 Å². The molecule has 0 saturated heterocycles. The number of hydrogen-bond acceptors (Lipinski definition) is 1. The van der Waals surface area contributed by atoms with Crippen molar-refractivity contribution in [1.29, 1.82) is 0 Å². The Morgan fingerprint density at radius 2 is 1.68 bits per heavy atom. The highest BCUT2D eigenvalue weighted by molar-refractivity contribution is 7.80. The first-order valence-corrected chi connectivity index (χ1v) is 6.05. The molecule has 0 fully saturated rings. The van der Waals surface area contributed by atoms with E-state index < -0.39 is 0 Å². The van der Waals surface area contributed by atoms with Crippen LogP contribution < -0.4 is 10.6 Å². The van der Waals surface area contributed by atoms with E-state index in [1.807, 2.05) is 0 Å². The molecule has 2 aromatic rings. The quantitative estimate of drug-likeness (QED) is 0.809. The molecule has 0 aliphatic rings. The summed E-state index contributed by atoms with van der Waals surface area (Å²) in [5.74, 6) is -0.611. The first kappa shape index (κ1) is 13.4. The lowest BCUT2D eigenvalue weighted by atomic mass is 10.2. The number of benzene rings is 2. The maximum atomic E-state index is 13.1. The van der Waals surface area contributed by atoms with Gasteiger partial charge in [0.05, 0.1) is 0 Å². The van der Waals surface area contributed by atoms with Crippen molar-refractivity contribution in [3.05, 3.63) is 59.7 Å². The summed E-state index contributed by atoms with van der Waals surface area (Å²) in [4.78, 5) is 0. The minimum absolute atomic E-state index is 0.269. The van der Waals surface area contributed by atoms with Crippen molar-refractivity contribution in [3.8, 4) is 0 Å². The number of nitrogens with one attached hydrogen (secondary N) is 2. The van der Waals surface area contributed by atoms with Crippen molar-refractivity contribution < 1.29 is 8.78 Å². The Morgan fingerprint density at radius 1 is 1.00 bits per heavy atom. The molecule has 2 nitrogen and oxygen atoms in total. The molecule has 0 amide bonds. The predicted molar refractivity (Wildman–Crippen MR) is 77.4 cm³/mol. The Bertz CT molecular complexity index is 614. The predicted octanol–water partition coefficient (Wildman–Crippen LogP) is 4.08. The second-order valence-electron chi connectivity index (χ2n) is 4.05. The molecule has 2 rings (SSSR count). The van der Waals surface area contributed by atoms with Crippen LogP contribution in [-0.4, -0.2) is 5.11 Å². The van der Waals surface area contributed by atoms with E-state index in [0.717, 1.165) is 0 Å². The van der Waals surface area contributed by atoms with Gasteiger partial charge in [0.15, 0.2) is 5.11 Å². The third-order valence-electron chi connectivity index (χ3n) is 2.50. The van der Waals surface area contributed by atoms with Gasteiger partial charge in [-0.25, -0.2) is 8.78 Å². The lowest BCUT2D eigenvalue weighted by Crippen LogP contribution is -2.19. The third-order valence-corrected chi connectivity index (χ3v) is 2.70. The number of thiocarbonyl (C=S) groups is 1. The smallest absolute Gasteiger partial charge is 0.175 e. The van der Waals surface area contributed by atoms with Gasteiger partial charge in [0, 0.05) is 11.4 Å². The summed E-state index contributed by atoms with van der Waals surface area (Å²) in [5.41, 5.74) is 1.75. The average Bonchev–Trinajstić information content (AvgIpc) is 2.34. The van der Waals surface area contributed by atoms with Crippen LogP contribution in [-0.2, 0) is 0 Å². The molecule has 2 aromatic carbocycles. The van der Waals surface area contributed by atoms with E-state index in [1.165, 1.54) is 18.2 Å². The van der Waals surface area contributed by atoms with Crippen LogP contribution in [0, 0.1) is 18.6 Å². The summed E-state index contributed by atoms with van der Waals surface area (Å²) in [6.45, 7) is 1.67. The lowest BCUT2D eigenvalue weighted by molar-refractivity contribution is 0.619. The highest BCUT2D eigenvalue weighted by Gasteiger charge is 2.02. The van der Waals surface area contributed by atoms with Gasteiger partial charge in [-0.15, -0.1) is 0 Å². The Balaban J connectivity index is 2.03. The van der Waals surface area contributed by atoms with E-state index in [-0.39, 0.29) is 11.6 Å². The molecule has 0 aliphatic carbocycles. The summed E-state index contributed by atoms with van der Waals surface area (Å²) in [6, 6.07) is 10.6. The second-order valence-corrected chi connectivity index (χ2v) is 4.46. The van der Waals surface area contributed by atoms with Gasteiger partial charge in [-0.2, -0.15) is 0 Å². The van der Waals surface area contributed by atoms with Crippen LogP contribution >= 0.6 is 12.2 Å². The van der Waals surface area contributed by atoms with Gasteiger partial charge in [0.25, 0.3) is 0 Å². The zero-order chi connectivity index (χ0) is 13.8. The number of halogens is 2. The van der Waals surface area contributed by atoms with E-state index in [4.69, 9.17) is 12.2 Å². The van der Waals surface area contributed by atoms with Gasteiger partial charge in [0.1, 0.15) is 11.6 Å². The minimum Gasteiger partial charge on any atom is -0.332 e. The molecule has 2 N–H and O–H groups in total. The minimum atomic E-state index is -0.342. The molecule has 0 aliphatic heterocycles. The highest BCUT2D eigenvalue weighted by atomic mass is 32.1. The van der Waals surface area contributed by atoms with Crippen LogP contribution in [0.5, 0.6) is 0 Å². The fourth-order valence-corrected chi connectivity index (χ4v) is 1.82. The summed E-state index contributed by atoms with van der Waals surface area (Å²) < 4.78 is 26.1. The third kappa shape index (κ3) is 3.72. The fraction of sp³-hybridized carbons (Fsp3) is 0.0714. The maximum Gasteiger partial charge on any atom is 0.175 e. The maximum absolute atomic E-state index is 13.1. The van der Waals surface area contributed by atoms with Crippen molar-refractivity contribution in [2.75, 3.05) is 10.6 Å². The monoisotopic (exact) mass is 278 g/mol. The Morgan fingerprint density at radius 3 is 2.32 bits per heavy atom. The summed E-state index contributed by atoms with van der Waals surface area (Å²) >= 11 is 5.10. The molecule has 0 spiro atoms. The SMILES string of the molecule is Cc1cc(NC(=S)Nc2cccc(F)c2)ccc1F. The van der Waals surface area contributed by atoms with Crippen LogP contribution in [0.2, 0.25) is 0 Å². The van der Waals surface area contributed by atoms with E-state index in [2.05, 4.69) is 10.6 Å². The van der Waals surface area contributed by atoms with Crippen molar-refractivity contribution in [1.82, 2.24) is 0 Å².